The first-order chi connectivity index (χ1) is 9.38. The first-order valence-electron chi connectivity index (χ1n) is 8.07. The van der Waals surface area contributed by atoms with Crippen molar-refractivity contribution in [3.63, 3.8) is 0 Å². The summed E-state index contributed by atoms with van der Waals surface area (Å²) < 4.78 is 0. The molecule has 0 aliphatic heterocycles. The van der Waals surface area contributed by atoms with Gasteiger partial charge in [0.15, 0.2) is 0 Å². The Kier molecular flexibility index (Phi) is 4.76. The molecule has 0 heterocycles. The fourth-order valence-electron chi connectivity index (χ4n) is 4.13. The molecule has 2 aliphatic carbocycles. The molecule has 20 heavy (non-hydrogen) atoms. The molecule has 114 valence electrons. The summed E-state index contributed by atoms with van der Waals surface area (Å²) in [6.07, 6.45) is 11.2. The molecular weight excluding hydrogens is 248 g/mol. The Balaban J connectivity index is 1.98. The van der Waals surface area contributed by atoms with Crippen LogP contribution in [0.25, 0.3) is 0 Å². The van der Waals surface area contributed by atoms with Gasteiger partial charge in [0.25, 0.3) is 0 Å². The van der Waals surface area contributed by atoms with Crippen LogP contribution in [0, 0.1) is 11.8 Å². The Labute approximate surface area is 123 Å². The second-order valence-electron chi connectivity index (χ2n) is 7.32. The van der Waals surface area contributed by atoms with Crippen LogP contribution in [0.2, 0.25) is 0 Å². The molecule has 0 saturated heterocycles. The van der Waals surface area contributed by atoms with Crippen molar-refractivity contribution in [2.45, 2.75) is 76.4 Å². The number of allylic oxidation sites excluding steroid dienone is 3. The van der Waals surface area contributed by atoms with Gasteiger partial charge in [-0.2, -0.15) is 0 Å². The topological polar surface area (TPSA) is 40.5 Å². The quantitative estimate of drug-likeness (QED) is 0.747. The van der Waals surface area contributed by atoms with Gasteiger partial charge in [-0.3, -0.25) is 0 Å². The van der Waals surface area contributed by atoms with E-state index in [0.29, 0.717) is 11.8 Å². The monoisotopic (exact) mass is 278 g/mol. The van der Waals surface area contributed by atoms with Crippen LogP contribution in [0.4, 0.5) is 0 Å². The van der Waals surface area contributed by atoms with Gasteiger partial charge in [-0.15, -0.1) is 6.58 Å². The third-order valence-corrected chi connectivity index (χ3v) is 5.41. The smallest absolute Gasteiger partial charge is 0.0936 e. The fraction of sp³-hybridized carbons (Fsp3) is 0.778. The molecule has 2 saturated carbocycles. The van der Waals surface area contributed by atoms with Crippen molar-refractivity contribution in [1.29, 1.82) is 0 Å². The molecular formula is C18H30O2. The van der Waals surface area contributed by atoms with Gasteiger partial charge in [0.1, 0.15) is 0 Å². The van der Waals surface area contributed by atoms with Gasteiger partial charge in [0.2, 0.25) is 0 Å². The molecule has 2 fully saturated rings. The predicted octanol–water partition coefficient (Wildman–Crippen LogP) is 3.98. The standard InChI is InChI=1S/C18H30O2/c1-4-5-15-8-10-17(19,12-15)18(20)11-9-16(13-18)7-6-14(2)3/h4,6,15-16,19-20H,1,5,7-13H2,2-3H3. The molecule has 4 unspecified atom stereocenters. The molecule has 0 spiro atoms. The maximum Gasteiger partial charge on any atom is 0.0936 e. The molecule has 0 bridgehead atoms. The summed E-state index contributed by atoms with van der Waals surface area (Å²) in [6, 6.07) is 0. The van der Waals surface area contributed by atoms with Gasteiger partial charge in [-0.1, -0.05) is 17.7 Å². The zero-order chi connectivity index (χ0) is 14.8. The third-order valence-electron chi connectivity index (χ3n) is 5.41. The molecule has 0 aromatic rings. The maximum atomic E-state index is 11.0. The lowest BCUT2D eigenvalue weighted by Gasteiger charge is -2.39. The second kappa shape index (κ2) is 6.03. The minimum atomic E-state index is -0.861. The first kappa shape index (κ1) is 15.8. The molecule has 0 aromatic heterocycles. The van der Waals surface area contributed by atoms with Crippen molar-refractivity contribution in [3.8, 4) is 0 Å². The van der Waals surface area contributed by atoms with Crippen molar-refractivity contribution < 1.29 is 10.2 Å². The van der Waals surface area contributed by atoms with Gasteiger partial charge < -0.3 is 10.2 Å². The van der Waals surface area contributed by atoms with Crippen molar-refractivity contribution in [2.24, 2.45) is 11.8 Å². The van der Waals surface area contributed by atoms with E-state index in [0.717, 1.165) is 51.4 Å². The van der Waals surface area contributed by atoms with Crippen LogP contribution in [0.15, 0.2) is 24.3 Å². The largest absolute Gasteiger partial charge is 0.387 e. The van der Waals surface area contributed by atoms with E-state index in [1.165, 1.54) is 5.57 Å². The zero-order valence-corrected chi connectivity index (χ0v) is 13.1. The first-order valence-corrected chi connectivity index (χ1v) is 8.07. The van der Waals surface area contributed by atoms with Crippen LogP contribution in [-0.4, -0.2) is 21.4 Å². The van der Waals surface area contributed by atoms with Crippen LogP contribution in [0.5, 0.6) is 0 Å². The van der Waals surface area contributed by atoms with E-state index < -0.39 is 11.2 Å². The van der Waals surface area contributed by atoms with Gasteiger partial charge in [-0.25, -0.2) is 0 Å². The summed E-state index contributed by atoms with van der Waals surface area (Å²) in [7, 11) is 0. The van der Waals surface area contributed by atoms with E-state index >= 15 is 0 Å². The average Bonchev–Trinajstić information content (AvgIpc) is 2.94. The molecule has 2 N–H and O–H groups in total. The van der Waals surface area contributed by atoms with Crippen molar-refractivity contribution in [3.05, 3.63) is 24.3 Å². The van der Waals surface area contributed by atoms with E-state index in [-0.39, 0.29) is 0 Å². The summed E-state index contributed by atoms with van der Waals surface area (Å²) in [4.78, 5) is 0. The Morgan fingerprint density at radius 2 is 1.55 bits per heavy atom. The highest BCUT2D eigenvalue weighted by molar-refractivity contribution is 5.09. The van der Waals surface area contributed by atoms with E-state index in [2.05, 4.69) is 26.5 Å². The summed E-state index contributed by atoms with van der Waals surface area (Å²) in [6.45, 7) is 8.02. The predicted molar refractivity (Wildman–Crippen MR) is 83.4 cm³/mol. The number of hydrogen-bond donors (Lipinski definition) is 2. The summed E-state index contributed by atoms with van der Waals surface area (Å²) in [5.74, 6) is 1.02. The van der Waals surface area contributed by atoms with Crippen LogP contribution in [-0.2, 0) is 0 Å². The lowest BCUT2D eigenvalue weighted by Crippen LogP contribution is -2.51. The Bertz CT molecular complexity index is 383. The minimum absolute atomic E-state index is 0.498. The molecule has 0 aromatic carbocycles. The average molecular weight is 278 g/mol. The van der Waals surface area contributed by atoms with Crippen LogP contribution in [0.3, 0.4) is 0 Å². The van der Waals surface area contributed by atoms with Crippen molar-refractivity contribution in [1.82, 2.24) is 0 Å². The normalized spacial score (nSPS) is 40.8. The molecule has 2 heteroatoms. The van der Waals surface area contributed by atoms with Gasteiger partial charge >= 0.3 is 0 Å². The van der Waals surface area contributed by atoms with Gasteiger partial charge in [-0.05, 0) is 77.0 Å². The Morgan fingerprint density at radius 1 is 1.05 bits per heavy atom. The van der Waals surface area contributed by atoms with Crippen LogP contribution >= 0.6 is 0 Å². The third kappa shape index (κ3) is 3.17. The van der Waals surface area contributed by atoms with Gasteiger partial charge in [0, 0.05) is 0 Å². The van der Waals surface area contributed by atoms with E-state index in [1.54, 1.807) is 0 Å². The van der Waals surface area contributed by atoms with Crippen LogP contribution < -0.4 is 0 Å². The highest BCUT2D eigenvalue weighted by atomic mass is 16.4. The Hall–Kier alpha value is -0.600. The maximum absolute atomic E-state index is 11.0. The van der Waals surface area contributed by atoms with Gasteiger partial charge in [0.05, 0.1) is 11.2 Å². The summed E-state index contributed by atoms with van der Waals surface area (Å²) in [5.41, 5.74) is -0.380. The molecule has 2 aliphatic rings. The molecule has 2 nitrogen and oxygen atoms in total. The van der Waals surface area contributed by atoms with E-state index in [9.17, 15) is 10.2 Å². The van der Waals surface area contributed by atoms with Crippen LogP contribution in [0.1, 0.15) is 65.2 Å². The minimum Gasteiger partial charge on any atom is -0.387 e. The Morgan fingerprint density at radius 3 is 2.00 bits per heavy atom. The summed E-state index contributed by atoms with van der Waals surface area (Å²) in [5, 5.41) is 21.9. The second-order valence-corrected chi connectivity index (χ2v) is 7.32. The highest BCUT2D eigenvalue weighted by Gasteiger charge is 2.55. The molecule has 0 amide bonds. The molecule has 4 atom stereocenters. The number of aliphatic hydroxyl groups is 2. The summed E-state index contributed by atoms with van der Waals surface area (Å²) >= 11 is 0. The van der Waals surface area contributed by atoms with Crippen molar-refractivity contribution >= 4 is 0 Å². The molecule has 0 radical (unpaired) electrons. The SMILES string of the molecule is C=CCC1CCC(O)(C2(O)CCC(CC=C(C)C)C2)C1. The fourth-order valence-corrected chi connectivity index (χ4v) is 4.13. The zero-order valence-electron chi connectivity index (χ0n) is 13.1. The number of hydrogen-bond acceptors (Lipinski definition) is 2. The van der Waals surface area contributed by atoms with E-state index in [1.807, 2.05) is 6.08 Å². The van der Waals surface area contributed by atoms with E-state index in [4.69, 9.17) is 0 Å². The number of rotatable bonds is 5. The lowest BCUT2D eigenvalue weighted by molar-refractivity contribution is -0.147. The highest BCUT2D eigenvalue weighted by Crippen LogP contribution is 2.51. The van der Waals surface area contributed by atoms with Crippen molar-refractivity contribution in [2.75, 3.05) is 0 Å². The lowest BCUT2D eigenvalue weighted by atomic mass is 9.78. The molecule has 2 rings (SSSR count).